The Balaban J connectivity index is 0. The van der Waals surface area contributed by atoms with Crippen molar-refractivity contribution in [3.8, 4) is 0 Å². The van der Waals surface area contributed by atoms with Crippen LogP contribution in [-0.2, 0) is 11.0 Å². The number of nitrogens with one attached hydrogen (secondary N) is 1. The number of anilines is 1. The molecule has 0 unspecified atom stereocenters. The van der Waals surface area contributed by atoms with Crippen LogP contribution in [0.5, 0.6) is 0 Å². The molecule has 0 amide bonds. The Morgan fingerprint density at radius 3 is 1.94 bits per heavy atom. The third-order valence-electron chi connectivity index (χ3n) is 1.57. The van der Waals surface area contributed by atoms with Gasteiger partial charge in [-0.2, -0.15) is 13.2 Å². The lowest BCUT2D eigenvalue weighted by atomic mass is 10.2. The van der Waals surface area contributed by atoms with Crippen molar-refractivity contribution in [1.82, 2.24) is 0 Å². The summed E-state index contributed by atoms with van der Waals surface area (Å²) in [4.78, 5) is 8.81. The predicted molar refractivity (Wildman–Crippen MR) is 64.0 cm³/mol. The molecule has 0 saturated heterocycles. The molecule has 0 atom stereocenters. The average molecular weight is 267 g/mol. The van der Waals surface area contributed by atoms with Crippen molar-refractivity contribution in [2.24, 2.45) is 0 Å². The molecule has 1 aromatic carbocycles. The second-order valence-corrected chi connectivity index (χ2v) is 2.68. The summed E-state index contributed by atoms with van der Waals surface area (Å²) in [5.74, 6) is -0.905. The number of halogens is 4. The fourth-order valence-electron chi connectivity index (χ4n) is 0.894. The van der Waals surface area contributed by atoms with Crippen LogP contribution in [0.2, 0.25) is 0 Å². The van der Waals surface area contributed by atoms with Gasteiger partial charge in [0.1, 0.15) is 12.1 Å². The maximum Gasteiger partial charge on any atom is 0.416 e. The van der Waals surface area contributed by atoms with Crippen molar-refractivity contribution in [1.29, 1.82) is 0 Å². The number of hydrogen-bond acceptors (Lipinski definition) is 2. The molecule has 2 nitrogen and oxygen atoms in total. The highest BCUT2D eigenvalue weighted by molar-refractivity contribution is 5.46. The van der Waals surface area contributed by atoms with Crippen LogP contribution < -0.4 is 5.32 Å². The van der Waals surface area contributed by atoms with Crippen molar-refractivity contribution in [3.05, 3.63) is 29.6 Å². The molecule has 18 heavy (non-hydrogen) atoms. The van der Waals surface area contributed by atoms with E-state index in [0.717, 1.165) is 18.4 Å². The Kier molecular flexibility index (Phi) is 9.84. The van der Waals surface area contributed by atoms with Crippen LogP contribution in [-0.4, -0.2) is 13.3 Å². The van der Waals surface area contributed by atoms with Crippen LogP contribution in [0, 0.1) is 5.82 Å². The maximum atomic E-state index is 12.8. The fraction of sp³-hybridized carbons (Fsp3) is 0.417. The highest BCUT2D eigenvalue weighted by Crippen LogP contribution is 2.30. The number of alkyl halides is 3. The van der Waals surface area contributed by atoms with Crippen LogP contribution in [0.25, 0.3) is 0 Å². The molecule has 104 valence electrons. The molecule has 1 aromatic rings. The highest BCUT2D eigenvalue weighted by atomic mass is 19.4. The Morgan fingerprint density at radius 2 is 1.67 bits per heavy atom. The van der Waals surface area contributed by atoms with Crippen molar-refractivity contribution >= 4 is 12.0 Å². The number of benzene rings is 1. The molecule has 0 aliphatic rings. The van der Waals surface area contributed by atoms with Gasteiger partial charge in [0.2, 0.25) is 0 Å². The van der Waals surface area contributed by atoms with Crippen LogP contribution in [0.3, 0.4) is 0 Å². The van der Waals surface area contributed by atoms with E-state index in [1.165, 1.54) is 14.0 Å². The molecule has 0 aromatic heterocycles. The summed E-state index contributed by atoms with van der Waals surface area (Å²) in [7, 11) is 1.44. The first-order valence-electron chi connectivity index (χ1n) is 5.31. The zero-order valence-electron chi connectivity index (χ0n) is 10.7. The first-order valence-corrected chi connectivity index (χ1v) is 5.31. The highest BCUT2D eigenvalue weighted by Gasteiger charge is 2.30. The fourth-order valence-corrected chi connectivity index (χ4v) is 0.894. The molecule has 0 aliphatic carbocycles. The topological polar surface area (TPSA) is 29.1 Å². The van der Waals surface area contributed by atoms with Gasteiger partial charge in [-0.05, 0) is 25.1 Å². The van der Waals surface area contributed by atoms with Gasteiger partial charge in [-0.25, -0.2) is 4.39 Å². The zero-order chi connectivity index (χ0) is 14.8. The van der Waals surface area contributed by atoms with Crippen LogP contribution in [0.4, 0.5) is 23.2 Å². The van der Waals surface area contributed by atoms with Gasteiger partial charge < -0.3 is 10.1 Å². The van der Waals surface area contributed by atoms with Gasteiger partial charge in [-0.1, -0.05) is 13.8 Å². The van der Waals surface area contributed by atoms with E-state index in [1.807, 2.05) is 13.8 Å². The molecule has 1 rings (SSSR count). The van der Waals surface area contributed by atoms with E-state index in [1.54, 1.807) is 0 Å². The standard InChI is InChI=1S/C8H7F4N.C2H4O.C2H6/c1-13-7-3-2-5(4-6(7)9)8(10,11)12;1-2-3;1-2/h2-4,13H,1H3;2H,1H3;1-2H3. The van der Waals surface area contributed by atoms with Gasteiger partial charge in [0.05, 0.1) is 11.3 Å². The largest absolute Gasteiger partial charge is 0.416 e. The SMILES string of the molecule is CC.CC=O.CNc1ccc(C(F)(F)F)cc1F. The Hall–Kier alpha value is -1.59. The summed E-state index contributed by atoms with van der Waals surface area (Å²) in [6, 6.07) is 2.35. The van der Waals surface area contributed by atoms with Gasteiger partial charge in [-0.15, -0.1) is 0 Å². The van der Waals surface area contributed by atoms with Crippen LogP contribution >= 0.6 is 0 Å². The molecule has 0 heterocycles. The van der Waals surface area contributed by atoms with E-state index in [9.17, 15) is 17.6 Å². The molecule has 0 bridgehead atoms. The Morgan fingerprint density at radius 1 is 1.22 bits per heavy atom. The lowest BCUT2D eigenvalue weighted by molar-refractivity contribution is -0.137. The maximum absolute atomic E-state index is 12.8. The second kappa shape index (κ2) is 9.44. The van der Waals surface area contributed by atoms with Gasteiger partial charge >= 0.3 is 6.18 Å². The number of hydrogen-bond donors (Lipinski definition) is 1. The first-order chi connectivity index (χ1) is 8.36. The van der Waals surface area contributed by atoms with Crippen molar-refractivity contribution in [2.75, 3.05) is 12.4 Å². The van der Waals surface area contributed by atoms with Crippen molar-refractivity contribution in [3.63, 3.8) is 0 Å². The number of carbonyl (C=O) groups is 1. The predicted octanol–water partition coefficient (Wildman–Crippen LogP) is 4.12. The molecule has 6 heteroatoms. The third kappa shape index (κ3) is 6.88. The Bertz CT molecular complexity index is 350. The van der Waals surface area contributed by atoms with E-state index in [0.29, 0.717) is 6.07 Å². The number of aldehydes is 1. The summed E-state index contributed by atoms with van der Waals surface area (Å²) >= 11 is 0. The minimum Gasteiger partial charge on any atom is -0.386 e. The molecule has 0 radical (unpaired) electrons. The molecule has 0 saturated carbocycles. The summed E-state index contributed by atoms with van der Waals surface area (Å²) in [6.45, 7) is 5.44. The van der Waals surface area contributed by atoms with E-state index in [-0.39, 0.29) is 5.69 Å². The lowest BCUT2D eigenvalue weighted by Gasteiger charge is -2.08. The lowest BCUT2D eigenvalue weighted by Crippen LogP contribution is -2.06. The normalized spacial score (nSPS) is 9.33. The molecule has 0 aliphatic heterocycles. The molecular weight excluding hydrogens is 250 g/mol. The Labute approximate surface area is 104 Å². The summed E-state index contributed by atoms with van der Waals surface area (Å²) < 4.78 is 48.9. The summed E-state index contributed by atoms with van der Waals surface area (Å²) in [5, 5.41) is 2.43. The van der Waals surface area contributed by atoms with Crippen LogP contribution in [0.15, 0.2) is 18.2 Å². The monoisotopic (exact) mass is 267 g/mol. The first kappa shape index (κ1) is 18.8. The zero-order valence-corrected chi connectivity index (χ0v) is 10.7. The molecule has 0 spiro atoms. The van der Waals surface area contributed by atoms with Gasteiger partial charge in [-0.3, -0.25) is 0 Å². The van der Waals surface area contributed by atoms with E-state index in [2.05, 4.69) is 5.32 Å². The average Bonchev–Trinajstić information content (AvgIpc) is 2.31. The van der Waals surface area contributed by atoms with Crippen LogP contribution in [0.1, 0.15) is 26.3 Å². The molecular formula is C12H17F4NO. The molecule has 0 fully saturated rings. The minimum atomic E-state index is -4.49. The number of carbonyl (C=O) groups excluding carboxylic acids is 1. The van der Waals surface area contributed by atoms with Gasteiger partial charge in [0, 0.05) is 7.05 Å². The summed E-state index contributed by atoms with van der Waals surface area (Å²) in [5.41, 5.74) is -0.933. The van der Waals surface area contributed by atoms with E-state index < -0.39 is 17.6 Å². The number of rotatable bonds is 1. The smallest absolute Gasteiger partial charge is 0.386 e. The second-order valence-electron chi connectivity index (χ2n) is 2.68. The third-order valence-corrected chi connectivity index (χ3v) is 1.57. The minimum absolute atomic E-state index is 0.0491. The van der Waals surface area contributed by atoms with Gasteiger partial charge in [0.15, 0.2) is 0 Å². The van der Waals surface area contributed by atoms with Crippen molar-refractivity contribution < 1.29 is 22.4 Å². The van der Waals surface area contributed by atoms with E-state index in [4.69, 9.17) is 4.79 Å². The van der Waals surface area contributed by atoms with E-state index >= 15 is 0 Å². The molecule has 1 N–H and O–H groups in total. The van der Waals surface area contributed by atoms with Gasteiger partial charge in [0.25, 0.3) is 0 Å². The summed E-state index contributed by atoms with van der Waals surface area (Å²) in [6.07, 6.45) is -3.74. The quantitative estimate of drug-likeness (QED) is 0.612. The van der Waals surface area contributed by atoms with Crippen molar-refractivity contribution in [2.45, 2.75) is 26.9 Å².